The van der Waals surface area contributed by atoms with Gasteiger partial charge in [0.05, 0.1) is 13.2 Å². The molecule has 0 unspecified atom stereocenters. The van der Waals surface area contributed by atoms with Gasteiger partial charge in [0.15, 0.2) is 0 Å². The summed E-state index contributed by atoms with van der Waals surface area (Å²) in [5.41, 5.74) is 0. The third-order valence-corrected chi connectivity index (χ3v) is 4.36. The van der Waals surface area contributed by atoms with E-state index < -0.39 is 6.10 Å². The zero-order chi connectivity index (χ0) is 16.9. The minimum absolute atomic E-state index is 0.0291. The summed E-state index contributed by atoms with van der Waals surface area (Å²) in [6.07, 6.45) is 15.6. The van der Waals surface area contributed by atoms with Crippen LogP contribution in [0, 0.1) is 0 Å². The van der Waals surface area contributed by atoms with Crippen molar-refractivity contribution in [3.63, 3.8) is 0 Å². The second-order valence-electron chi connectivity index (χ2n) is 6.44. The van der Waals surface area contributed by atoms with Crippen molar-refractivity contribution in [1.29, 1.82) is 0 Å². The molecule has 1 rings (SSSR count). The number of rotatable bonds is 14. The third kappa shape index (κ3) is 9.77. The van der Waals surface area contributed by atoms with E-state index in [1.165, 1.54) is 32.8 Å². The summed E-state index contributed by atoms with van der Waals surface area (Å²) < 4.78 is 10.1. The number of carbonyl (C=O) groups is 1. The summed E-state index contributed by atoms with van der Waals surface area (Å²) in [6.45, 7) is 2.20. The van der Waals surface area contributed by atoms with Gasteiger partial charge < -0.3 is 14.6 Å². The van der Waals surface area contributed by atoms with E-state index in [9.17, 15) is 9.90 Å². The predicted octanol–water partition coefficient (Wildman–Crippen LogP) is 4.15. The smallest absolute Gasteiger partial charge is 0.305 e. The molecular weight excluding hydrogens is 292 g/mol. The van der Waals surface area contributed by atoms with Gasteiger partial charge in [0.25, 0.3) is 0 Å². The zero-order valence-electron chi connectivity index (χ0n) is 14.8. The Balaban J connectivity index is 1.91. The van der Waals surface area contributed by atoms with Gasteiger partial charge in [-0.1, -0.05) is 57.6 Å². The molecule has 0 saturated carbocycles. The van der Waals surface area contributed by atoms with Crippen molar-refractivity contribution in [3.05, 3.63) is 12.2 Å². The Morgan fingerprint density at radius 1 is 1.17 bits per heavy atom. The van der Waals surface area contributed by atoms with Gasteiger partial charge in [-0.3, -0.25) is 4.79 Å². The van der Waals surface area contributed by atoms with E-state index in [4.69, 9.17) is 4.74 Å². The van der Waals surface area contributed by atoms with Crippen LogP contribution in [0.4, 0.5) is 0 Å². The lowest BCUT2D eigenvalue weighted by atomic mass is 10.1. The second-order valence-corrected chi connectivity index (χ2v) is 6.44. The van der Waals surface area contributed by atoms with E-state index in [-0.39, 0.29) is 18.2 Å². The molecular formula is C19H34O4. The molecule has 0 spiro atoms. The topological polar surface area (TPSA) is 59.1 Å². The number of esters is 1. The van der Waals surface area contributed by atoms with Crippen LogP contribution < -0.4 is 0 Å². The molecule has 1 saturated heterocycles. The van der Waals surface area contributed by atoms with E-state index in [1.807, 2.05) is 6.08 Å². The quantitative estimate of drug-likeness (QED) is 0.225. The number of ether oxygens (including phenoxy) is 2. The Kier molecular flexibility index (Phi) is 11.0. The summed E-state index contributed by atoms with van der Waals surface area (Å²) in [6, 6.07) is 0. The van der Waals surface area contributed by atoms with Gasteiger partial charge in [0.1, 0.15) is 12.2 Å². The van der Waals surface area contributed by atoms with Crippen LogP contribution in [0.3, 0.4) is 0 Å². The van der Waals surface area contributed by atoms with Crippen molar-refractivity contribution < 1.29 is 19.4 Å². The first-order valence-corrected chi connectivity index (χ1v) is 9.26. The van der Waals surface area contributed by atoms with Crippen LogP contribution in [0.25, 0.3) is 0 Å². The minimum Gasteiger partial charge on any atom is -0.469 e. The maximum Gasteiger partial charge on any atom is 0.305 e. The van der Waals surface area contributed by atoms with Crippen molar-refractivity contribution in [2.24, 2.45) is 0 Å². The van der Waals surface area contributed by atoms with Crippen LogP contribution >= 0.6 is 0 Å². The molecule has 0 bridgehead atoms. The highest BCUT2D eigenvalue weighted by atomic mass is 16.6. The van der Waals surface area contributed by atoms with E-state index in [0.29, 0.717) is 6.42 Å². The van der Waals surface area contributed by atoms with E-state index in [0.717, 1.165) is 38.5 Å². The summed E-state index contributed by atoms with van der Waals surface area (Å²) in [5, 5.41) is 10.0. The molecule has 3 atom stereocenters. The largest absolute Gasteiger partial charge is 0.469 e. The number of hydrogen-bond donors (Lipinski definition) is 1. The molecule has 0 amide bonds. The molecule has 0 aliphatic carbocycles. The lowest BCUT2D eigenvalue weighted by molar-refractivity contribution is -0.140. The lowest BCUT2D eigenvalue weighted by Gasteiger charge is -2.02. The first-order valence-electron chi connectivity index (χ1n) is 9.26. The van der Waals surface area contributed by atoms with Gasteiger partial charge in [-0.05, 0) is 25.7 Å². The maximum atomic E-state index is 10.9. The normalized spacial score (nSPS) is 21.5. The lowest BCUT2D eigenvalue weighted by Crippen LogP contribution is -2.13. The van der Waals surface area contributed by atoms with Gasteiger partial charge >= 0.3 is 5.97 Å². The van der Waals surface area contributed by atoms with Crippen LogP contribution in [-0.4, -0.2) is 36.5 Å². The molecule has 23 heavy (non-hydrogen) atoms. The summed E-state index contributed by atoms with van der Waals surface area (Å²) in [7, 11) is 1.43. The van der Waals surface area contributed by atoms with Crippen molar-refractivity contribution in [3.8, 4) is 0 Å². The highest BCUT2D eigenvalue weighted by Crippen LogP contribution is 2.30. The van der Waals surface area contributed by atoms with Crippen molar-refractivity contribution >= 4 is 5.97 Å². The number of methoxy groups -OCH3 is 1. The molecule has 4 heteroatoms. The molecule has 4 nitrogen and oxygen atoms in total. The fourth-order valence-corrected chi connectivity index (χ4v) is 2.79. The van der Waals surface area contributed by atoms with Crippen molar-refractivity contribution in [2.45, 2.75) is 95.9 Å². The van der Waals surface area contributed by atoms with Crippen molar-refractivity contribution in [1.82, 2.24) is 0 Å². The highest BCUT2D eigenvalue weighted by molar-refractivity contribution is 5.68. The average molecular weight is 326 g/mol. The number of aliphatic hydroxyl groups is 1. The number of unbranched alkanes of at least 4 members (excludes halogenated alkanes) is 7. The van der Waals surface area contributed by atoms with E-state index in [1.54, 1.807) is 0 Å². The van der Waals surface area contributed by atoms with Crippen LogP contribution in [0.15, 0.2) is 12.2 Å². The molecule has 1 fully saturated rings. The molecule has 134 valence electrons. The summed E-state index contributed by atoms with van der Waals surface area (Å²) in [5.74, 6) is -0.114. The third-order valence-electron chi connectivity index (χ3n) is 4.36. The molecule has 1 aliphatic rings. The van der Waals surface area contributed by atoms with Crippen molar-refractivity contribution in [2.75, 3.05) is 7.11 Å². The molecule has 1 aliphatic heterocycles. The monoisotopic (exact) mass is 326 g/mol. The standard InChI is InChI=1S/C19H34O4/c1-3-4-10-14-17-19(23-17)16(20)13-11-8-6-5-7-9-12-15-18(21)22-2/h11,13,16-17,19-20H,3-10,12,14-15H2,1-2H3/b13-11-/t16-,17+,19-/m0/s1. The molecule has 0 radical (unpaired) electrons. The number of allylic oxidation sites excluding steroid dienone is 1. The van der Waals surface area contributed by atoms with Crippen LogP contribution in [-0.2, 0) is 14.3 Å². The van der Waals surface area contributed by atoms with E-state index in [2.05, 4.69) is 17.7 Å². The first kappa shape index (κ1) is 20.2. The highest BCUT2D eigenvalue weighted by Gasteiger charge is 2.42. The maximum absolute atomic E-state index is 10.9. The Morgan fingerprint density at radius 3 is 2.65 bits per heavy atom. The minimum atomic E-state index is -0.443. The fraction of sp³-hybridized carbons (Fsp3) is 0.842. The van der Waals surface area contributed by atoms with E-state index >= 15 is 0 Å². The zero-order valence-corrected chi connectivity index (χ0v) is 14.8. The molecule has 0 aromatic rings. The van der Waals surface area contributed by atoms with Gasteiger partial charge in [0.2, 0.25) is 0 Å². The van der Waals surface area contributed by atoms with Crippen LogP contribution in [0.5, 0.6) is 0 Å². The number of carbonyl (C=O) groups excluding carboxylic acids is 1. The van der Waals surface area contributed by atoms with Gasteiger partial charge in [-0.2, -0.15) is 0 Å². The summed E-state index contributed by atoms with van der Waals surface area (Å²) in [4.78, 5) is 10.9. The molecule has 0 aromatic heterocycles. The van der Waals surface area contributed by atoms with Gasteiger partial charge in [-0.25, -0.2) is 0 Å². The number of epoxide rings is 1. The second kappa shape index (κ2) is 12.5. The fourth-order valence-electron chi connectivity index (χ4n) is 2.79. The average Bonchev–Trinajstić information content (AvgIpc) is 3.32. The van der Waals surface area contributed by atoms with Gasteiger partial charge in [0, 0.05) is 6.42 Å². The number of aliphatic hydroxyl groups excluding tert-OH is 1. The number of hydrogen-bond acceptors (Lipinski definition) is 4. The molecule has 1 heterocycles. The van der Waals surface area contributed by atoms with Gasteiger partial charge in [-0.15, -0.1) is 0 Å². The SMILES string of the molecule is CCCCC[C@H]1O[C@H]1[C@@H](O)/C=C\CCCCCCCC(=O)OC. The molecule has 1 N–H and O–H groups in total. The van der Waals surface area contributed by atoms with Crippen LogP contribution in [0.1, 0.15) is 77.6 Å². The van der Waals surface area contributed by atoms with Crippen LogP contribution in [0.2, 0.25) is 0 Å². The molecule has 0 aromatic carbocycles. The summed E-state index contributed by atoms with van der Waals surface area (Å²) >= 11 is 0. The first-order chi connectivity index (χ1) is 11.2. The Morgan fingerprint density at radius 2 is 1.91 bits per heavy atom. The Bertz CT molecular complexity index is 340. The Hall–Kier alpha value is -0.870. The predicted molar refractivity (Wildman–Crippen MR) is 92.3 cm³/mol. The Labute approximate surface area is 141 Å².